The van der Waals surface area contributed by atoms with Crippen LogP contribution in [0.3, 0.4) is 0 Å². The fourth-order valence-corrected chi connectivity index (χ4v) is 6.98. The van der Waals surface area contributed by atoms with Crippen LogP contribution in [0, 0.1) is 0 Å². The molecule has 5 aromatic carbocycles. The first-order valence-electron chi connectivity index (χ1n) is 13.9. The Labute approximate surface area is 240 Å². The van der Waals surface area contributed by atoms with Gasteiger partial charge in [0, 0.05) is 20.2 Å². The van der Waals surface area contributed by atoms with Crippen LogP contribution in [-0.4, -0.2) is 18.3 Å². The lowest BCUT2D eigenvalue weighted by molar-refractivity contribution is 0.00578. The average Bonchev–Trinajstić information content (AvgIpc) is 3.46. The molecule has 0 unspecified atom stereocenters. The van der Waals surface area contributed by atoms with Crippen LogP contribution in [0.4, 0.5) is 0 Å². The summed E-state index contributed by atoms with van der Waals surface area (Å²) in [6, 6.07) is 41.4. The van der Waals surface area contributed by atoms with Crippen molar-refractivity contribution < 1.29 is 9.31 Å². The molecule has 0 aliphatic carbocycles. The van der Waals surface area contributed by atoms with Crippen LogP contribution < -0.4 is 5.46 Å². The molecule has 40 heavy (non-hydrogen) atoms. The van der Waals surface area contributed by atoms with E-state index in [9.17, 15) is 0 Å². The molecule has 6 aromatic rings. The number of thiophene rings is 1. The Balaban J connectivity index is 1.44. The molecule has 0 bridgehead atoms. The van der Waals surface area contributed by atoms with E-state index in [0.29, 0.717) is 0 Å². The van der Waals surface area contributed by atoms with Gasteiger partial charge in [0.1, 0.15) is 0 Å². The SMILES string of the molecule is CC1(C)OB(c2cc(-c3ccccc3)cc(-c3cccc4c3sc3c(-c5ccccc5)cccc34)c2)OC1(C)C. The van der Waals surface area contributed by atoms with E-state index in [-0.39, 0.29) is 0 Å². The van der Waals surface area contributed by atoms with E-state index in [4.69, 9.17) is 9.31 Å². The Hall–Kier alpha value is -3.70. The Morgan fingerprint density at radius 3 is 1.57 bits per heavy atom. The van der Waals surface area contributed by atoms with Gasteiger partial charge in [-0.15, -0.1) is 11.3 Å². The molecule has 1 aliphatic heterocycles. The number of benzene rings is 5. The maximum absolute atomic E-state index is 6.51. The Kier molecular flexibility index (Phi) is 5.97. The van der Waals surface area contributed by atoms with Gasteiger partial charge in [-0.05, 0) is 72.6 Å². The molecule has 2 heterocycles. The zero-order valence-corrected chi connectivity index (χ0v) is 24.1. The van der Waals surface area contributed by atoms with Crippen molar-refractivity contribution in [2.75, 3.05) is 0 Å². The maximum Gasteiger partial charge on any atom is 0.494 e. The van der Waals surface area contributed by atoms with Gasteiger partial charge in [0.25, 0.3) is 0 Å². The second kappa shape index (κ2) is 9.45. The Morgan fingerprint density at radius 1 is 0.500 bits per heavy atom. The molecule has 0 amide bonds. The number of hydrogen-bond donors (Lipinski definition) is 0. The maximum atomic E-state index is 6.51. The van der Waals surface area contributed by atoms with Crippen LogP contribution in [0.25, 0.3) is 53.6 Å². The molecule has 1 aromatic heterocycles. The highest BCUT2D eigenvalue weighted by Gasteiger charge is 2.51. The lowest BCUT2D eigenvalue weighted by atomic mass is 9.76. The van der Waals surface area contributed by atoms with Gasteiger partial charge < -0.3 is 9.31 Å². The fraction of sp³-hybridized carbons (Fsp3) is 0.167. The van der Waals surface area contributed by atoms with Gasteiger partial charge in [-0.3, -0.25) is 0 Å². The van der Waals surface area contributed by atoms with Crippen molar-refractivity contribution >= 4 is 44.1 Å². The fourth-order valence-electron chi connectivity index (χ4n) is 5.61. The third-order valence-electron chi connectivity index (χ3n) is 8.51. The largest absolute Gasteiger partial charge is 0.494 e. The first-order valence-corrected chi connectivity index (χ1v) is 14.7. The number of fused-ring (bicyclic) bond motifs is 3. The molecular formula is C36H31BO2S. The predicted octanol–water partition coefficient (Wildman–Crippen LogP) is 9.35. The van der Waals surface area contributed by atoms with E-state index in [1.807, 2.05) is 11.3 Å². The molecule has 0 spiro atoms. The van der Waals surface area contributed by atoms with E-state index < -0.39 is 18.3 Å². The zero-order valence-electron chi connectivity index (χ0n) is 23.3. The standard InChI is InChI=1S/C36H31BO2S/c1-35(2)36(3,4)39-37(38-35)28-22-26(24-13-7-5-8-14-24)21-27(23-28)30-18-12-20-32-31-19-11-17-29(33(31)40-34(30)32)25-15-9-6-10-16-25/h5-23H,1-4H3. The van der Waals surface area contributed by atoms with Crippen LogP contribution >= 0.6 is 11.3 Å². The number of rotatable bonds is 4. The van der Waals surface area contributed by atoms with Crippen molar-refractivity contribution in [3.05, 3.63) is 115 Å². The smallest absolute Gasteiger partial charge is 0.399 e. The average molecular weight is 539 g/mol. The van der Waals surface area contributed by atoms with Crippen LogP contribution in [-0.2, 0) is 9.31 Å². The molecule has 4 heteroatoms. The summed E-state index contributed by atoms with van der Waals surface area (Å²) in [5.41, 5.74) is 7.50. The third kappa shape index (κ3) is 4.19. The van der Waals surface area contributed by atoms with Crippen molar-refractivity contribution in [3.8, 4) is 33.4 Å². The second-order valence-electron chi connectivity index (χ2n) is 11.6. The molecule has 0 saturated carbocycles. The monoisotopic (exact) mass is 538 g/mol. The topological polar surface area (TPSA) is 18.5 Å². The van der Waals surface area contributed by atoms with E-state index in [1.54, 1.807) is 0 Å². The molecule has 0 N–H and O–H groups in total. The lowest BCUT2D eigenvalue weighted by Gasteiger charge is -2.32. The number of hydrogen-bond acceptors (Lipinski definition) is 3. The minimum absolute atomic E-state index is 0.403. The first-order chi connectivity index (χ1) is 19.3. The quantitative estimate of drug-likeness (QED) is 0.208. The minimum Gasteiger partial charge on any atom is -0.399 e. The normalized spacial score (nSPS) is 16.1. The van der Waals surface area contributed by atoms with Crippen molar-refractivity contribution in [1.29, 1.82) is 0 Å². The van der Waals surface area contributed by atoms with Gasteiger partial charge in [0.15, 0.2) is 0 Å². The van der Waals surface area contributed by atoms with E-state index in [1.165, 1.54) is 48.0 Å². The highest BCUT2D eigenvalue weighted by Crippen LogP contribution is 2.44. The van der Waals surface area contributed by atoms with Crippen molar-refractivity contribution in [2.24, 2.45) is 0 Å². The van der Waals surface area contributed by atoms with Gasteiger partial charge >= 0.3 is 7.12 Å². The van der Waals surface area contributed by atoms with Gasteiger partial charge in [-0.25, -0.2) is 0 Å². The summed E-state index contributed by atoms with van der Waals surface area (Å²) < 4.78 is 15.6. The summed E-state index contributed by atoms with van der Waals surface area (Å²) >= 11 is 1.88. The van der Waals surface area contributed by atoms with Gasteiger partial charge in [0.2, 0.25) is 0 Å². The van der Waals surface area contributed by atoms with Crippen LogP contribution in [0.2, 0.25) is 0 Å². The summed E-state index contributed by atoms with van der Waals surface area (Å²) in [6.45, 7) is 8.43. The third-order valence-corrected chi connectivity index (χ3v) is 9.80. The van der Waals surface area contributed by atoms with Crippen LogP contribution in [0.1, 0.15) is 27.7 Å². The first kappa shape index (κ1) is 25.3. The summed E-state index contributed by atoms with van der Waals surface area (Å²) in [5.74, 6) is 0. The van der Waals surface area contributed by atoms with Gasteiger partial charge in [0.05, 0.1) is 11.2 Å². The van der Waals surface area contributed by atoms with E-state index in [2.05, 4.69) is 143 Å². The predicted molar refractivity (Wildman–Crippen MR) is 171 cm³/mol. The van der Waals surface area contributed by atoms with Crippen LogP contribution in [0.5, 0.6) is 0 Å². The van der Waals surface area contributed by atoms with Gasteiger partial charge in [-0.2, -0.15) is 0 Å². The highest BCUT2D eigenvalue weighted by molar-refractivity contribution is 7.26. The van der Waals surface area contributed by atoms with Crippen molar-refractivity contribution in [1.82, 2.24) is 0 Å². The molecule has 1 aliphatic rings. The molecular weight excluding hydrogens is 507 g/mol. The lowest BCUT2D eigenvalue weighted by Crippen LogP contribution is -2.41. The molecule has 1 saturated heterocycles. The van der Waals surface area contributed by atoms with E-state index in [0.717, 1.165) is 11.0 Å². The summed E-state index contributed by atoms with van der Waals surface area (Å²) in [6.07, 6.45) is 0. The minimum atomic E-state index is -0.432. The molecule has 2 nitrogen and oxygen atoms in total. The molecule has 0 atom stereocenters. The van der Waals surface area contributed by atoms with E-state index >= 15 is 0 Å². The molecule has 0 radical (unpaired) electrons. The highest BCUT2D eigenvalue weighted by atomic mass is 32.1. The molecule has 7 rings (SSSR count). The van der Waals surface area contributed by atoms with Gasteiger partial charge in [-0.1, -0.05) is 109 Å². The summed E-state index contributed by atoms with van der Waals surface area (Å²) in [7, 11) is -0.432. The van der Waals surface area contributed by atoms with Crippen molar-refractivity contribution in [2.45, 2.75) is 38.9 Å². The molecule has 196 valence electrons. The zero-order chi connectivity index (χ0) is 27.5. The summed E-state index contributed by atoms with van der Waals surface area (Å²) in [4.78, 5) is 0. The Bertz CT molecular complexity index is 1840. The van der Waals surface area contributed by atoms with Crippen LogP contribution in [0.15, 0.2) is 115 Å². The van der Waals surface area contributed by atoms with Crippen molar-refractivity contribution in [3.63, 3.8) is 0 Å². The summed E-state index contributed by atoms with van der Waals surface area (Å²) in [5, 5.41) is 2.59. The molecule has 1 fully saturated rings. The second-order valence-corrected chi connectivity index (χ2v) is 12.7. The Morgan fingerprint density at radius 2 is 1.00 bits per heavy atom.